The Morgan fingerprint density at radius 3 is 2.53 bits per heavy atom. The number of benzene rings is 1. The maximum Gasteiger partial charge on any atom is 0.173 e. The molecule has 9 heteroatoms. The summed E-state index contributed by atoms with van der Waals surface area (Å²) in [5.41, 5.74) is 3.85. The van der Waals surface area contributed by atoms with Crippen LogP contribution in [0, 0.1) is 30.1 Å². The van der Waals surface area contributed by atoms with Crippen molar-refractivity contribution in [2.75, 3.05) is 33.8 Å². The minimum atomic E-state index is 0. The van der Waals surface area contributed by atoms with Crippen molar-refractivity contribution in [3.63, 3.8) is 0 Å². The van der Waals surface area contributed by atoms with Gasteiger partial charge in [0.05, 0.1) is 17.9 Å². The van der Waals surface area contributed by atoms with E-state index in [9.17, 15) is 5.26 Å². The predicted octanol–water partition coefficient (Wildman–Crippen LogP) is 6.38. The summed E-state index contributed by atoms with van der Waals surface area (Å²) in [5.74, 6) is 2.40. The fraction of sp³-hybridized carbons (Fsp3) is 0.556. The zero-order chi connectivity index (χ0) is 23.9. The number of fused-ring (bicyclic) bond motifs is 1. The second-order valence-corrected chi connectivity index (χ2v) is 10.6. The van der Waals surface area contributed by atoms with E-state index in [1.807, 2.05) is 25.5 Å². The first-order valence-electron chi connectivity index (χ1n) is 12.4. The van der Waals surface area contributed by atoms with E-state index in [4.69, 9.17) is 9.26 Å². The summed E-state index contributed by atoms with van der Waals surface area (Å²) in [7, 11) is 3.75. The summed E-state index contributed by atoms with van der Waals surface area (Å²) < 4.78 is 11.7. The third-order valence-corrected chi connectivity index (χ3v) is 7.72. The van der Waals surface area contributed by atoms with Crippen LogP contribution in [-0.2, 0) is 13.0 Å². The van der Waals surface area contributed by atoms with Crippen molar-refractivity contribution in [1.82, 2.24) is 15.4 Å². The van der Waals surface area contributed by atoms with Crippen LogP contribution in [0.3, 0.4) is 0 Å². The number of nitrogens with zero attached hydrogens (tertiary/aromatic N) is 3. The Bertz CT molecular complexity index is 1110. The fourth-order valence-electron chi connectivity index (χ4n) is 4.54. The van der Waals surface area contributed by atoms with Gasteiger partial charge in [-0.05, 0) is 108 Å². The first-order valence-corrected chi connectivity index (χ1v) is 13.3. The van der Waals surface area contributed by atoms with Gasteiger partial charge in [-0.2, -0.15) is 5.26 Å². The summed E-state index contributed by atoms with van der Waals surface area (Å²) in [6.07, 6.45) is 7.12. The van der Waals surface area contributed by atoms with Crippen LogP contribution >= 0.6 is 36.2 Å². The smallest absolute Gasteiger partial charge is 0.173 e. The third kappa shape index (κ3) is 7.84. The largest absolute Gasteiger partial charge is 0.493 e. The van der Waals surface area contributed by atoms with Crippen LogP contribution in [0.25, 0.3) is 11.0 Å². The lowest BCUT2D eigenvalue weighted by atomic mass is 9.91. The predicted molar refractivity (Wildman–Crippen MR) is 152 cm³/mol. The normalized spacial score (nSPS) is 15.8. The molecule has 2 aliphatic rings. The number of hydrogen-bond acceptors (Lipinski definition) is 7. The van der Waals surface area contributed by atoms with Crippen molar-refractivity contribution < 1.29 is 9.26 Å². The molecule has 0 radical (unpaired) electrons. The molecule has 0 amide bonds. The Labute approximate surface area is 231 Å². The standard InChI is InChI=1S/C25H29N3O2S.C2H7N.2ClH/c1-17-23(29-16-19-2-3-19)7-5-21-22(27-30-25(17)21)6-4-18-8-11-28(12-9-18)15-24-20(14-26)10-13-31-24;1-3-2;;/h5,7,10,13,18-19H,2-4,6,8-9,11-12,15-16H2,1H3;3H,1-2H3;2*1H. The van der Waals surface area contributed by atoms with Gasteiger partial charge in [0.2, 0.25) is 0 Å². The fourth-order valence-corrected chi connectivity index (χ4v) is 5.40. The summed E-state index contributed by atoms with van der Waals surface area (Å²) in [6.45, 7) is 6.00. The molecule has 3 aromatic rings. The van der Waals surface area contributed by atoms with Gasteiger partial charge < -0.3 is 14.6 Å². The number of ether oxygens (including phenoxy) is 1. The quantitative estimate of drug-likeness (QED) is 0.349. The van der Waals surface area contributed by atoms with Crippen molar-refractivity contribution in [3.8, 4) is 11.8 Å². The summed E-state index contributed by atoms with van der Waals surface area (Å²) in [4.78, 5) is 3.69. The van der Waals surface area contributed by atoms with Gasteiger partial charge in [0.25, 0.3) is 0 Å². The highest BCUT2D eigenvalue weighted by atomic mass is 35.5. The maximum atomic E-state index is 9.22. The summed E-state index contributed by atoms with van der Waals surface area (Å²) in [5, 5.41) is 19.5. The molecule has 1 N–H and O–H groups in total. The van der Waals surface area contributed by atoms with Crippen molar-refractivity contribution in [2.24, 2.45) is 11.8 Å². The summed E-state index contributed by atoms with van der Waals surface area (Å²) >= 11 is 1.70. The Morgan fingerprint density at radius 1 is 1.14 bits per heavy atom. The monoisotopic (exact) mass is 552 g/mol. The second-order valence-electron chi connectivity index (χ2n) is 9.58. The zero-order valence-electron chi connectivity index (χ0n) is 21.4. The number of thiophene rings is 1. The molecule has 0 bridgehead atoms. The highest BCUT2D eigenvalue weighted by molar-refractivity contribution is 7.10. The molecular formula is C27H38Cl2N4O2S. The average molecular weight is 554 g/mol. The van der Waals surface area contributed by atoms with Gasteiger partial charge in [0.15, 0.2) is 5.58 Å². The number of halogens is 2. The van der Waals surface area contributed by atoms with E-state index in [2.05, 4.69) is 40.5 Å². The molecule has 1 saturated heterocycles. The van der Waals surface area contributed by atoms with Gasteiger partial charge in [-0.3, -0.25) is 4.90 Å². The first-order chi connectivity index (χ1) is 16.6. The molecule has 1 aromatic carbocycles. The van der Waals surface area contributed by atoms with Crippen LogP contribution in [0.1, 0.15) is 53.8 Å². The van der Waals surface area contributed by atoms with Gasteiger partial charge in [0, 0.05) is 22.4 Å². The molecule has 36 heavy (non-hydrogen) atoms. The van der Waals surface area contributed by atoms with Crippen LogP contribution in [0.5, 0.6) is 5.75 Å². The van der Waals surface area contributed by atoms with E-state index in [1.54, 1.807) is 11.3 Å². The highest BCUT2D eigenvalue weighted by Gasteiger charge is 2.24. The molecule has 1 aliphatic carbocycles. The third-order valence-electron chi connectivity index (χ3n) is 6.82. The van der Waals surface area contributed by atoms with Crippen LogP contribution < -0.4 is 10.1 Å². The van der Waals surface area contributed by atoms with Crippen LogP contribution in [0.15, 0.2) is 28.1 Å². The molecule has 6 nitrogen and oxygen atoms in total. The Kier molecular flexibility index (Phi) is 12.5. The Hall–Kier alpha value is -1.82. The van der Waals surface area contributed by atoms with Gasteiger partial charge in [-0.1, -0.05) is 5.16 Å². The number of rotatable bonds is 8. The number of hydrogen-bond donors (Lipinski definition) is 1. The van der Waals surface area contributed by atoms with Crippen molar-refractivity contribution in [3.05, 3.63) is 45.3 Å². The van der Waals surface area contributed by atoms with E-state index in [1.165, 1.54) is 30.6 Å². The molecule has 3 heterocycles. The molecule has 198 valence electrons. The molecule has 0 spiro atoms. The lowest BCUT2D eigenvalue weighted by Gasteiger charge is -2.31. The van der Waals surface area contributed by atoms with E-state index < -0.39 is 0 Å². The van der Waals surface area contributed by atoms with Gasteiger partial charge >= 0.3 is 0 Å². The van der Waals surface area contributed by atoms with Gasteiger partial charge in [-0.15, -0.1) is 36.2 Å². The second kappa shape index (κ2) is 14.8. The highest BCUT2D eigenvalue weighted by Crippen LogP contribution is 2.34. The molecule has 2 aromatic heterocycles. The molecule has 5 rings (SSSR count). The van der Waals surface area contributed by atoms with Crippen LogP contribution in [-0.4, -0.2) is 43.8 Å². The number of nitrogens with one attached hydrogen (secondary N) is 1. The average Bonchev–Trinajstić information content (AvgIpc) is 3.41. The number of piperidine rings is 1. The van der Waals surface area contributed by atoms with Gasteiger partial charge in [0.1, 0.15) is 11.8 Å². The number of likely N-dealkylation sites (tertiary alicyclic amines) is 1. The SMILES string of the molecule is CNC.Cc1c(OCC2CC2)ccc2c(CCC3CCN(Cc4sccc4C#N)CC3)noc12.Cl.Cl. The summed E-state index contributed by atoms with van der Waals surface area (Å²) in [6, 6.07) is 8.44. The van der Waals surface area contributed by atoms with E-state index in [-0.39, 0.29) is 24.8 Å². The minimum Gasteiger partial charge on any atom is -0.493 e. The number of nitriles is 1. The first kappa shape index (κ1) is 30.4. The molecular weight excluding hydrogens is 515 g/mol. The van der Waals surface area contributed by atoms with Crippen LogP contribution in [0.2, 0.25) is 0 Å². The Morgan fingerprint density at radius 2 is 1.86 bits per heavy atom. The number of aryl methyl sites for hydroxylation is 2. The Balaban J connectivity index is 0.000000871. The van der Waals surface area contributed by atoms with Crippen molar-refractivity contribution in [2.45, 2.75) is 52.0 Å². The number of aromatic nitrogens is 1. The van der Waals surface area contributed by atoms with E-state index >= 15 is 0 Å². The lowest BCUT2D eigenvalue weighted by Crippen LogP contribution is -2.33. The molecule has 0 unspecified atom stereocenters. The van der Waals surface area contributed by atoms with E-state index in [0.29, 0.717) is 0 Å². The van der Waals surface area contributed by atoms with Gasteiger partial charge in [-0.25, -0.2) is 0 Å². The zero-order valence-corrected chi connectivity index (χ0v) is 23.9. The molecule has 1 aliphatic heterocycles. The van der Waals surface area contributed by atoms with E-state index in [0.717, 1.165) is 84.5 Å². The minimum absolute atomic E-state index is 0. The molecule has 0 atom stereocenters. The topological polar surface area (TPSA) is 74.3 Å². The molecule has 2 fully saturated rings. The maximum absolute atomic E-state index is 9.22. The van der Waals surface area contributed by atoms with Crippen molar-refractivity contribution in [1.29, 1.82) is 5.26 Å². The van der Waals surface area contributed by atoms with Crippen molar-refractivity contribution >= 4 is 47.1 Å². The lowest BCUT2D eigenvalue weighted by molar-refractivity contribution is 0.173. The molecule has 1 saturated carbocycles. The van der Waals surface area contributed by atoms with Crippen LogP contribution in [0.4, 0.5) is 0 Å².